The molecule has 11 heavy (non-hydrogen) atoms. The molecule has 0 aromatic rings. The van der Waals surface area contributed by atoms with Crippen LogP contribution < -0.4 is 5.32 Å². The second-order valence-electron chi connectivity index (χ2n) is 1.85. The average Bonchev–Trinajstić information content (AvgIpc) is 1.97. The molecular weight excluding hydrogens is 154 g/mol. The third kappa shape index (κ3) is 5.27. The first-order valence-electron chi connectivity index (χ1n) is 3.11. The van der Waals surface area contributed by atoms with E-state index in [1.54, 1.807) is 0 Å². The van der Waals surface area contributed by atoms with E-state index in [9.17, 15) is 13.6 Å². The Kier molecular flexibility index (Phi) is 4.99. The molecule has 0 heterocycles. The minimum Gasteiger partial charge on any atom is -0.351 e. The number of rotatable bonds is 4. The molecule has 0 saturated heterocycles. The molecule has 62 valence electrons. The molecule has 5 heteroatoms. The van der Waals surface area contributed by atoms with Crippen LogP contribution in [-0.2, 0) is 4.79 Å². The zero-order valence-corrected chi connectivity index (χ0v) is 5.81. The van der Waals surface area contributed by atoms with E-state index in [1.807, 2.05) is 11.4 Å². The molecule has 0 spiro atoms. The highest BCUT2D eigenvalue weighted by molar-refractivity contribution is 5.78. The summed E-state index contributed by atoms with van der Waals surface area (Å²) < 4.78 is 22.9. The number of carbonyl (C=O) groups is 1. The molecule has 0 aromatic carbocycles. The summed E-state index contributed by atoms with van der Waals surface area (Å²) in [5.41, 5.74) is 0. The molecule has 0 aliphatic rings. The van der Waals surface area contributed by atoms with E-state index < -0.39 is 12.3 Å². The van der Waals surface area contributed by atoms with Crippen molar-refractivity contribution in [1.82, 2.24) is 5.32 Å². The third-order valence-electron chi connectivity index (χ3n) is 0.963. The molecule has 1 N–H and O–H groups in total. The molecule has 0 aromatic heterocycles. The second-order valence-corrected chi connectivity index (χ2v) is 1.85. The summed E-state index contributed by atoms with van der Waals surface area (Å²) in [6, 6.07) is 1.83. The Morgan fingerprint density at radius 3 is 2.73 bits per heavy atom. The normalized spacial score (nSPS) is 9.27. The van der Waals surface area contributed by atoms with Gasteiger partial charge in [-0.05, 0) is 6.42 Å². The molecule has 0 atom stereocenters. The van der Waals surface area contributed by atoms with Crippen LogP contribution in [-0.4, -0.2) is 18.9 Å². The number of alkyl halides is 2. The molecule has 0 saturated carbocycles. The lowest BCUT2D eigenvalue weighted by molar-refractivity contribution is -0.131. The fraction of sp³-hybridized carbons (Fsp3) is 0.667. The number of unbranched alkanes of at least 4 members (excludes halogenated alkanes) is 1. The van der Waals surface area contributed by atoms with Crippen LogP contribution in [0.15, 0.2) is 0 Å². The van der Waals surface area contributed by atoms with Crippen LogP contribution in [0.3, 0.4) is 0 Å². The van der Waals surface area contributed by atoms with Gasteiger partial charge in [0, 0.05) is 13.0 Å². The number of halogens is 2. The van der Waals surface area contributed by atoms with Gasteiger partial charge in [0.25, 0.3) is 5.91 Å². The zero-order chi connectivity index (χ0) is 8.69. The molecule has 0 aliphatic heterocycles. The van der Waals surface area contributed by atoms with Gasteiger partial charge in [0.15, 0.2) is 0 Å². The minimum absolute atomic E-state index is 0.136. The van der Waals surface area contributed by atoms with Crippen molar-refractivity contribution in [2.24, 2.45) is 0 Å². The lowest BCUT2D eigenvalue weighted by Gasteiger charge is -2.00. The quantitative estimate of drug-likeness (QED) is 0.617. The van der Waals surface area contributed by atoms with Crippen molar-refractivity contribution in [3.05, 3.63) is 0 Å². The summed E-state index contributed by atoms with van der Waals surface area (Å²) in [5.74, 6) is -1.28. The first-order chi connectivity index (χ1) is 5.18. The topological polar surface area (TPSA) is 52.9 Å². The van der Waals surface area contributed by atoms with Gasteiger partial charge in [-0.15, -0.1) is 0 Å². The number of hydrogen-bond donors (Lipinski definition) is 1. The Bertz CT molecular complexity index is 164. The SMILES string of the molecule is N#CCCCNC(=O)C(F)F. The molecular formula is C6H8F2N2O. The van der Waals surface area contributed by atoms with Gasteiger partial charge >= 0.3 is 6.43 Å². The van der Waals surface area contributed by atoms with Crippen LogP contribution in [0.1, 0.15) is 12.8 Å². The number of nitriles is 1. The summed E-state index contributed by atoms with van der Waals surface area (Å²) in [6.45, 7) is 0.136. The van der Waals surface area contributed by atoms with E-state index in [1.165, 1.54) is 0 Å². The number of carbonyl (C=O) groups excluding carboxylic acids is 1. The van der Waals surface area contributed by atoms with Gasteiger partial charge in [-0.1, -0.05) is 0 Å². The molecule has 0 unspecified atom stereocenters. The summed E-state index contributed by atoms with van der Waals surface area (Å²) in [7, 11) is 0. The van der Waals surface area contributed by atoms with Crippen molar-refractivity contribution in [3.8, 4) is 6.07 Å². The second kappa shape index (κ2) is 5.59. The van der Waals surface area contributed by atoms with Gasteiger partial charge in [-0.3, -0.25) is 4.79 Å². The third-order valence-corrected chi connectivity index (χ3v) is 0.963. The molecule has 0 rings (SSSR count). The molecule has 0 aliphatic carbocycles. The molecule has 0 bridgehead atoms. The Balaban J connectivity index is 3.26. The molecule has 0 fully saturated rings. The summed E-state index contributed by atoms with van der Waals surface area (Å²) in [6.07, 6.45) is -2.28. The number of hydrogen-bond acceptors (Lipinski definition) is 2. The Morgan fingerprint density at radius 2 is 2.27 bits per heavy atom. The highest BCUT2D eigenvalue weighted by atomic mass is 19.3. The van der Waals surface area contributed by atoms with E-state index in [-0.39, 0.29) is 13.0 Å². The van der Waals surface area contributed by atoms with Gasteiger partial charge in [-0.2, -0.15) is 14.0 Å². The van der Waals surface area contributed by atoms with Gasteiger partial charge in [0.05, 0.1) is 6.07 Å². The first kappa shape index (κ1) is 9.82. The van der Waals surface area contributed by atoms with E-state index in [2.05, 4.69) is 0 Å². The fourth-order valence-electron chi connectivity index (χ4n) is 0.456. The summed E-state index contributed by atoms with van der Waals surface area (Å²) >= 11 is 0. The Morgan fingerprint density at radius 1 is 1.64 bits per heavy atom. The smallest absolute Gasteiger partial charge is 0.315 e. The standard InChI is InChI=1S/C6H8F2N2O/c7-5(8)6(11)10-4-2-1-3-9/h5H,1-2,4H2,(H,10,11). The summed E-state index contributed by atoms with van der Waals surface area (Å²) in [5, 5.41) is 10.0. The number of nitrogens with zero attached hydrogens (tertiary/aromatic N) is 1. The zero-order valence-electron chi connectivity index (χ0n) is 5.81. The Labute approximate surface area is 63.0 Å². The maximum atomic E-state index is 11.5. The van der Waals surface area contributed by atoms with Crippen LogP contribution in [0.5, 0.6) is 0 Å². The van der Waals surface area contributed by atoms with Crippen LogP contribution >= 0.6 is 0 Å². The van der Waals surface area contributed by atoms with E-state index in [0.29, 0.717) is 6.42 Å². The lowest BCUT2D eigenvalue weighted by atomic mass is 10.3. The average molecular weight is 162 g/mol. The van der Waals surface area contributed by atoms with E-state index in [0.717, 1.165) is 0 Å². The predicted octanol–water partition coefficient (Wildman–Crippen LogP) is 0.671. The number of nitrogens with one attached hydrogen (secondary N) is 1. The molecule has 0 radical (unpaired) electrons. The summed E-state index contributed by atoms with van der Waals surface area (Å²) in [4.78, 5) is 10.2. The predicted molar refractivity (Wildman–Crippen MR) is 33.9 cm³/mol. The van der Waals surface area contributed by atoms with E-state index in [4.69, 9.17) is 5.26 Å². The van der Waals surface area contributed by atoms with Crippen LogP contribution in [0.2, 0.25) is 0 Å². The van der Waals surface area contributed by atoms with Crippen LogP contribution in [0.25, 0.3) is 0 Å². The highest BCUT2D eigenvalue weighted by Crippen LogP contribution is 1.91. The van der Waals surface area contributed by atoms with Crippen molar-refractivity contribution < 1.29 is 13.6 Å². The van der Waals surface area contributed by atoms with Crippen molar-refractivity contribution in [2.75, 3.05) is 6.54 Å². The monoisotopic (exact) mass is 162 g/mol. The maximum absolute atomic E-state index is 11.5. The largest absolute Gasteiger partial charge is 0.351 e. The molecule has 1 amide bonds. The first-order valence-corrected chi connectivity index (χ1v) is 3.11. The van der Waals surface area contributed by atoms with Crippen molar-refractivity contribution in [3.63, 3.8) is 0 Å². The molecule has 3 nitrogen and oxygen atoms in total. The number of amides is 1. The van der Waals surface area contributed by atoms with Gasteiger partial charge < -0.3 is 5.32 Å². The van der Waals surface area contributed by atoms with Gasteiger partial charge in [0.2, 0.25) is 0 Å². The van der Waals surface area contributed by atoms with Crippen molar-refractivity contribution in [2.45, 2.75) is 19.3 Å². The fourth-order valence-corrected chi connectivity index (χ4v) is 0.456. The van der Waals surface area contributed by atoms with Crippen molar-refractivity contribution >= 4 is 5.91 Å². The van der Waals surface area contributed by atoms with Gasteiger partial charge in [0.1, 0.15) is 0 Å². The van der Waals surface area contributed by atoms with E-state index >= 15 is 0 Å². The minimum atomic E-state index is -2.96. The lowest BCUT2D eigenvalue weighted by Crippen LogP contribution is -2.30. The van der Waals surface area contributed by atoms with Crippen LogP contribution in [0.4, 0.5) is 8.78 Å². The van der Waals surface area contributed by atoms with Gasteiger partial charge in [-0.25, -0.2) is 0 Å². The van der Waals surface area contributed by atoms with Crippen molar-refractivity contribution in [1.29, 1.82) is 5.26 Å². The highest BCUT2D eigenvalue weighted by Gasteiger charge is 2.12. The maximum Gasteiger partial charge on any atom is 0.315 e. The Hall–Kier alpha value is -1.18. The van der Waals surface area contributed by atoms with Crippen LogP contribution in [0, 0.1) is 11.3 Å².